The van der Waals surface area contributed by atoms with Crippen molar-refractivity contribution in [2.24, 2.45) is 0 Å². The first-order valence-electron chi connectivity index (χ1n) is 2.36. The van der Waals surface area contributed by atoms with Gasteiger partial charge in [0.05, 0.1) is 0 Å². The van der Waals surface area contributed by atoms with Crippen molar-refractivity contribution in [3.8, 4) is 0 Å². The van der Waals surface area contributed by atoms with Crippen LogP contribution in [-0.2, 0) is 9.73 Å². The molecule has 1 saturated heterocycles. The maximum absolute atomic E-state index is 10.6. The van der Waals surface area contributed by atoms with Gasteiger partial charge in [-0.3, -0.25) is 4.79 Å². The second-order valence-electron chi connectivity index (χ2n) is 2.26. The predicted molar refractivity (Wildman–Crippen MR) is 26.4 cm³/mol. The van der Waals surface area contributed by atoms with Crippen molar-refractivity contribution in [2.45, 2.75) is 19.4 Å². The number of hydrogen-bond acceptors (Lipinski definition) is 3. The lowest BCUT2D eigenvalue weighted by atomic mass is 10.1. The van der Waals surface area contributed by atoms with Crippen LogP contribution in [0.5, 0.6) is 0 Å². The van der Waals surface area contributed by atoms with E-state index in [1.54, 1.807) is 13.8 Å². The molecule has 1 aliphatic heterocycles. The van der Waals surface area contributed by atoms with Crippen LogP contribution in [-0.4, -0.2) is 11.4 Å². The Hall–Kier alpha value is -0.610. The van der Waals surface area contributed by atoms with Crippen molar-refractivity contribution in [2.75, 3.05) is 0 Å². The van der Waals surface area contributed by atoms with Gasteiger partial charge in [0, 0.05) is 0 Å². The molecule has 0 radical (unpaired) electrons. The topological polar surface area (TPSA) is 50.4 Å². The molecule has 0 aromatic carbocycles. The Morgan fingerprint density at radius 1 is 1.62 bits per heavy atom. The van der Waals surface area contributed by atoms with Crippen molar-refractivity contribution >= 4 is 5.91 Å². The predicted octanol–water partition coefficient (Wildman–Crippen LogP) is -0.669. The Kier molecular flexibility index (Phi) is 0.988. The van der Waals surface area contributed by atoms with Crippen LogP contribution in [0.1, 0.15) is 13.8 Å². The van der Waals surface area contributed by atoms with Gasteiger partial charge in [-0.05, 0) is 13.8 Å². The van der Waals surface area contributed by atoms with Gasteiger partial charge in [0.2, 0.25) is 0 Å². The number of nitrogens with one attached hydrogen (secondary N) is 2. The fourth-order valence-electron chi connectivity index (χ4n) is 0.373. The molecule has 1 fully saturated rings. The highest BCUT2D eigenvalue weighted by Crippen LogP contribution is 2.05. The largest absolute Gasteiger partial charge is 0.271 e. The molecule has 46 valence electrons. The van der Waals surface area contributed by atoms with Crippen LogP contribution in [0, 0.1) is 0 Å². The van der Waals surface area contributed by atoms with Gasteiger partial charge in [-0.2, -0.15) is 10.4 Å². The number of carbonyl (C=O) groups is 1. The lowest BCUT2D eigenvalue weighted by Crippen LogP contribution is -2.39. The Morgan fingerprint density at radius 3 is 2.38 bits per heavy atom. The summed E-state index contributed by atoms with van der Waals surface area (Å²) >= 11 is 0. The zero-order valence-corrected chi connectivity index (χ0v) is 4.82. The van der Waals surface area contributed by atoms with Crippen LogP contribution in [0.15, 0.2) is 0 Å². The van der Waals surface area contributed by atoms with Gasteiger partial charge in [-0.15, -0.1) is 0 Å². The minimum atomic E-state index is -0.569. The third kappa shape index (κ3) is 0.677. The first-order chi connectivity index (χ1) is 3.63. The summed E-state index contributed by atoms with van der Waals surface area (Å²) in [6, 6.07) is 0. The van der Waals surface area contributed by atoms with E-state index in [0.717, 1.165) is 0 Å². The molecular weight excluding hydrogens is 108 g/mol. The van der Waals surface area contributed by atoms with E-state index in [9.17, 15) is 4.79 Å². The van der Waals surface area contributed by atoms with E-state index in [-0.39, 0.29) is 5.91 Å². The van der Waals surface area contributed by atoms with Crippen molar-refractivity contribution in [1.29, 1.82) is 0 Å². The van der Waals surface area contributed by atoms with E-state index in [1.807, 2.05) is 0 Å². The third-order valence-electron chi connectivity index (χ3n) is 1.02. The summed E-state index contributed by atoms with van der Waals surface area (Å²) in [7, 11) is 0. The molecule has 1 heterocycles. The standard InChI is InChI=1S/C4H8N2O2/c1-4(2)3(7)5-8-6-4/h6H,1-2H3,(H,5,7). The molecule has 0 unspecified atom stereocenters. The highest BCUT2D eigenvalue weighted by Gasteiger charge is 2.33. The van der Waals surface area contributed by atoms with Gasteiger partial charge in [0.25, 0.3) is 5.91 Å². The minimum Gasteiger partial charge on any atom is -0.271 e. The summed E-state index contributed by atoms with van der Waals surface area (Å²) in [6.45, 7) is 3.46. The number of rotatable bonds is 0. The van der Waals surface area contributed by atoms with Crippen LogP contribution in [0.4, 0.5) is 0 Å². The first kappa shape index (κ1) is 5.53. The van der Waals surface area contributed by atoms with Gasteiger partial charge in [-0.1, -0.05) is 0 Å². The summed E-state index contributed by atoms with van der Waals surface area (Å²) in [4.78, 5) is 15.0. The Bertz CT molecular complexity index is 121. The molecule has 2 N–H and O–H groups in total. The zero-order chi connectivity index (χ0) is 6.20. The van der Waals surface area contributed by atoms with Crippen molar-refractivity contribution in [1.82, 2.24) is 11.0 Å². The second kappa shape index (κ2) is 1.43. The van der Waals surface area contributed by atoms with Crippen LogP contribution in [0.3, 0.4) is 0 Å². The minimum absolute atomic E-state index is 0.141. The van der Waals surface area contributed by atoms with Crippen LogP contribution < -0.4 is 11.0 Å². The summed E-state index contributed by atoms with van der Waals surface area (Å²) in [6.07, 6.45) is 0. The molecule has 1 rings (SSSR count). The van der Waals surface area contributed by atoms with Crippen molar-refractivity contribution in [3.05, 3.63) is 0 Å². The molecule has 0 aromatic heterocycles. The van der Waals surface area contributed by atoms with Crippen LogP contribution in [0.2, 0.25) is 0 Å². The Morgan fingerprint density at radius 2 is 2.25 bits per heavy atom. The number of hydroxylamine groups is 2. The average Bonchev–Trinajstić information content (AvgIpc) is 1.86. The van der Waals surface area contributed by atoms with E-state index in [1.165, 1.54) is 0 Å². The molecule has 0 aromatic rings. The van der Waals surface area contributed by atoms with Gasteiger partial charge in [0.1, 0.15) is 5.54 Å². The molecule has 4 heteroatoms. The molecule has 0 atom stereocenters. The fourth-order valence-corrected chi connectivity index (χ4v) is 0.373. The molecular formula is C4H8N2O2. The highest BCUT2D eigenvalue weighted by molar-refractivity contribution is 5.85. The molecule has 0 spiro atoms. The summed E-state index contributed by atoms with van der Waals surface area (Å²) < 4.78 is 0. The third-order valence-corrected chi connectivity index (χ3v) is 1.02. The van der Waals surface area contributed by atoms with Gasteiger partial charge in [-0.25, -0.2) is 5.48 Å². The average molecular weight is 116 g/mol. The SMILES string of the molecule is CC1(C)NONC1=O. The van der Waals surface area contributed by atoms with E-state index < -0.39 is 5.54 Å². The van der Waals surface area contributed by atoms with Crippen molar-refractivity contribution in [3.63, 3.8) is 0 Å². The maximum atomic E-state index is 10.6. The monoisotopic (exact) mass is 116 g/mol. The van der Waals surface area contributed by atoms with Gasteiger partial charge < -0.3 is 0 Å². The maximum Gasteiger partial charge on any atom is 0.267 e. The summed E-state index contributed by atoms with van der Waals surface area (Å²) in [5.74, 6) is -0.141. The van der Waals surface area contributed by atoms with Crippen molar-refractivity contribution < 1.29 is 9.73 Å². The first-order valence-corrected chi connectivity index (χ1v) is 2.36. The molecule has 4 nitrogen and oxygen atoms in total. The van der Waals surface area contributed by atoms with Crippen LogP contribution >= 0.6 is 0 Å². The van der Waals surface area contributed by atoms with Gasteiger partial charge >= 0.3 is 0 Å². The summed E-state index contributed by atoms with van der Waals surface area (Å²) in [5.41, 5.74) is 4.08. The molecule has 1 amide bonds. The molecule has 0 bridgehead atoms. The molecule has 8 heavy (non-hydrogen) atoms. The Balaban J connectivity index is 2.68. The number of amides is 1. The number of carbonyl (C=O) groups excluding carboxylic acids is 1. The van der Waals surface area contributed by atoms with Gasteiger partial charge in [0.15, 0.2) is 0 Å². The fraction of sp³-hybridized carbons (Fsp3) is 0.750. The quantitative estimate of drug-likeness (QED) is 0.441. The van der Waals surface area contributed by atoms with E-state index >= 15 is 0 Å². The lowest BCUT2D eigenvalue weighted by Gasteiger charge is -2.08. The number of hydrogen-bond donors (Lipinski definition) is 2. The lowest BCUT2D eigenvalue weighted by molar-refractivity contribution is -0.126. The van der Waals surface area contributed by atoms with Crippen LogP contribution in [0.25, 0.3) is 0 Å². The molecule has 1 aliphatic rings. The van der Waals surface area contributed by atoms with E-state index in [0.29, 0.717) is 0 Å². The molecule has 0 aliphatic carbocycles. The zero-order valence-electron chi connectivity index (χ0n) is 4.82. The van der Waals surface area contributed by atoms with E-state index in [2.05, 4.69) is 15.9 Å². The smallest absolute Gasteiger partial charge is 0.267 e. The van der Waals surface area contributed by atoms with E-state index in [4.69, 9.17) is 0 Å². The normalized spacial score (nSPS) is 25.5. The Labute approximate surface area is 47.1 Å². The highest BCUT2D eigenvalue weighted by atomic mass is 16.8. The summed E-state index contributed by atoms with van der Waals surface area (Å²) in [5, 5.41) is 0. The molecule has 0 saturated carbocycles. The second-order valence-corrected chi connectivity index (χ2v) is 2.26.